The molecule has 18 heavy (non-hydrogen) atoms. The number of carbonyl (C=O) groups excluding carboxylic acids is 1. The number of halogens is 1. The first-order valence-electron chi connectivity index (χ1n) is 7.44. The van der Waals surface area contributed by atoms with Crippen LogP contribution in [0.1, 0.15) is 51.9 Å². The first-order chi connectivity index (χ1) is 8.57. The molecule has 0 N–H and O–H groups in total. The van der Waals surface area contributed by atoms with E-state index in [1.807, 2.05) is 0 Å². The van der Waals surface area contributed by atoms with Crippen molar-refractivity contribution in [2.75, 3.05) is 0 Å². The summed E-state index contributed by atoms with van der Waals surface area (Å²) in [5, 5.41) is 0. The van der Waals surface area contributed by atoms with Crippen molar-refractivity contribution >= 4 is 28.6 Å². The number of hydrogen-bond donors (Lipinski definition) is 0. The molecule has 1 spiro atoms. The molecule has 3 aliphatic carbocycles. The van der Waals surface area contributed by atoms with Crippen LogP contribution in [0.2, 0.25) is 0 Å². The summed E-state index contributed by atoms with van der Waals surface area (Å²) in [6, 6.07) is 0. The topological polar surface area (TPSA) is 26.3 Å². The van der Waals surface area contributed by atoms with Gasteiger partial charge in [0.2, 0.25) is 0 Å². The molecule has 0 aromatic rings. The van der Waals surface area contributed by atoms with Gasteiger partial charge in [0.1, 0.15) is 5.60 Å². The van der Waals surface area contributed by atoms with Crippen LogP contribution in [0.4, 0.5) is 0 Å². The average Bonchev–Trinajstić information content (AvgIpc) is 3.01. The second-order valence-electron chi connectivity index (χ2n) is 7.14. The molecule has 3 heteroatoms. The van der Waals surface area contributed by atoms with Gasteiger partial charge in [0.05, 0.1) is 5.92 Å². The summed E-state index contributed by atoms with van der Waals surface area (Å²) in [5.74, 6) is 1.74. The molecule has 4 rings (SSSR count). The molecule has 2 bridgehead atoms. The van der Waals surface area contributed by atoms with Crippen LogP contribution in [0.15, 0.2) is 0 Å². The van der Waals surface area contributed by atoms with Crippen LogP contribution >= 0.6 is 22.6 Å². The Morgan fingerprint density at radius 3 is 2.72 bits per heavy atom. The van der Waals surface area contributed by atoms with Crippen LogP contribution in [-0.2, 0) is 9.53 Å². The van der Waals surface area contributed by atoms with Gasteiger partial charge in [-0.05, 0) is 56.8 Å². The number of hydrogen-bond acceptors (Lipinski definition) is 2. The lowest BCUT2D eigenvalue weighted by Crippen LogP contribution is -2.50. The molecular formula is C15H21IO2. The SMILES string of the molecule is C[C@@]12CC[C@@H]3[C@@H](I)CCC[C@H](C(=O)O1)[C@H]2C31CC1. The first-order valence-corrected chi connectivity index (χ1v) is 8.68. The highest BCUT2D eigenvalue weighted by atomic mass is 127. The van der Waals surface area contributed by atoms with Crippen LogP contribution in [0, 0.1) is 23.2 Å². The highest BCUT2D eigenvalue weighted by molar-refractivity contribution is 14.1. The summed E-state index contributed by atoms with van der Waals surface area (Å²) in [6.45, 7) is 2.22. The molecule has 0 unspecified atom stereocenters. The summed E-state index contributed by atoms with van der Waals surface area (Å²) in [4.78, 5) is 12.2. The molecule has 1 aliphatic heterocycles. The molecule has 0 radical (unpaired) electrons. The number of ether oxygens (including phenoxy) is 1. The van der Waals surface area contributed by atoms with E-state index in [-0.39, 0.29) is 17.5 Å². The van der Waals surface area contributed by atoms with E-state index in [0.717, 1.165) is 22.7 Å². The zero-order valence-corrected chi connectivity index (χ0v) is 13.1. The van der Waals surface area contributed by atoms with E-state index in [1.54, 1.807) is 0 Å². The minimum atomic E-state index is -0.123. The van der Waals surface area contributed by atoms with Crippen LogP contribution in [0.3, 0.4) is 0 Å². The molecule has 100 valence electrons. The Labute approximate surface area is 122 Å². The molecule has 0 aromatic carbocycles. The summed E-state index contributed by atoms with van der Waals surface area (Å²) in [5.41, 5.74) is 0.360. The van der Waals surface area contributed by atoms with Gasteiger partial charge in [0.15, 0.2) is 0 Å². The van der Waals surface area contributed by atoms with E-state index in [2.05, 4.69) is 29.5 Å². The summed E-state index contributed by atoms with van der Waals surface area (Å²) >= 11 is 2.69. The van der Waals surface area contributed by atoms with Gasteiger partial charge in [0.25, 0.3) is 0 Å². The number of alkyl halides is 1. The Hall–Kier alpha value is 0.200. The van der Waals surface area contributed by atoms with Crippen LogP contribution in [-0.4, -0.2) is 15.5 Å². The van der Waals surface area contributed by atoms with Gasteiger partial charge in [-0.25, -0.2) is 0 Å². The number of rotatable bonds is 0. The maximum atomic E-state index is 12.2. The van der Waals surface area contributed by atoms with E-state index >= 15 is 0 Å². The van der Waals surface area contributed by atoms with Gasteiger partial charge in [0, 0.05) is 9.84 Å². The fourth-order valence-corrected chi connectivity index (χ4v) is 7.01. The minimum absolute atomic E-state index is 0.123. The van der Waals surface area contributed by atoms with Crippen molar-refractivity contribution in [2.45, 2.75) is 61.4 Å². The quantitative estimate of drug-likeness (QED) is 0.374. The lowest BCUT2D eigenvalue weighted by atomic mass is 9.57. The Kier molecular flexibility index (Phi) is 2.42. The zero-order valence-electron chi connectivity index (χ0n) is 11.0. The zero-order chi connectivity index (χ0) is 12.5. The second-order valence-corrected chi connectivity index (χ2v) is 8.74. The molecule has 1 saturated heterocycles. The lowest BCUT2D eigenvalue weighted by molar-refractivity contribution is -0.152. The summed E-state index contributed by atoms with van der Waals surface area (Å²) in [6.07, 6.45) is 8.68. The normalized spacial score (nSPS) is 52.7. The molecule has 5 atom stereocenters. The Balaban J connectivity index is 1.81. The Morgan fingerprint density at radius 1 is 1.22 bits per heavy atom. The number of carbonyl (C=O) groups is 1. The number of esters is 1. The van der Waals surface area contributed by atoms with E-state index in [1.165, 1.54) is 32.1 Å². The molecular weight excluding hydrogens is 339 g/mol. The first kappa shape index (κ1) is 12.0. The van der Waals surface area contributed by atoms with Crippen LogP contribution < -0.4 is 0 Å². The molecule has 4 aliphatic rings. The highest BCUT2D eigenvalue weighted by Gasteiger charge is 2.70. The van der Waals surface area contributed by atoms with Crippen LogP contribution in [0.25, 0.3) is 0 Å². The van der Waals surface area contributed by atoms with Crippen molar-refractivity contribution in [2.24, 2.45) is 23.2 Å². The largest absolute Gasteiger partial charge is 0.459 e. The lowest BCUT2D eigenvalue weighted by Gasteiger charge is -2.49. The molecule has 3 saturated carbocycles. The van der Waals surface area contributed by atoms with Crippen molar-refractivity contribution in [3.05, 3.63) is 0 Å². The van der Waals surface area contributed by atoms with Gasteiger partial charge in [-0.1, -0.05) is 29.0 Å². The smallest absolute Gasteiger partial charge is 0.309 e. The third kappa shape index (κ3) is 1.37. The Bertz CT molecular complexity index is 403. The van der Waals surface area contributed by atoms with Crippen molar-refractivity contribution in [1.82, 2.24) is 0 Å². The van der Waals surface area contributed by atoms with Crippen molar-refractivity contribution in [3.63, 3.8) is 0 Å². The van der Waals surface area contributed by atoms with Crippen molar-refractivity contribution in [1.29, 1.82) is 0 Å². The van der Waals surface area contributed by atoms with E-state index in [4.69, 9.17) is 4.74 Å². The summed E-state index contributed by atoms with van der Waals surface area (Å²) < 4.78 is 6.69. The van der Waals surface area contributed by atoms with Gasteiger partial charge >= 0.3 is 5.97 Å². The summed E-state index contributed by atoms with van der Waals surface area (Å²) in [7, 11) is 0. The van der Waals surface area contributed by atoms with Gasteiger partial charge in [-0.3, -0.25) is 4.79 Å². The average molecular weight is 360 g/mol. The fraction of sp³-hybridized carbons (Fsp3) is 0.933. The predicted octanol–water partition coefficient (Wildman–Crippen LogP) is 3.71. The van der Waals surface area contributed by atoms with Crippen molar-refractivity contribution in [3.8, 4) is 0 Å². The molecule has 4 fully saturated rings. The second kappa shape index (κ2) is 3.64. The van der Waals surface area contributed by atoms with Gasteiger partial charge in [-0.2, -0.15) is 0 Å². The van der Waals surface area contributed by atoms with Gasteiger partial charge < -0.3 is 4.74 Å². The van der Waals surface area contributed by atoms with Gasteiger partial charge in [-0.15, -0.1) is 0 Å². The van der Waals surface area contributed by atoms with E-state index in [0.29, 0.717) is 11.3 Å². The molecule has 0 amide bonds. The maximum absolute atomic E-state index is 12.2. The maximum Gasteiger partial charge on any atom is 0.309 e. The monoisotopic (exact) mass is 360 g/mol. The van der Waals surface area contributed by atoms with Crippen molar-refractivity contribution < 1.29 is 9.53 Å². The van der Waals surface area contributed by atoms with Crippen LogP contribution in [0.5, 0.6) is 0 Å². The minimum Gasteiger partial charge on any atom is -0.459 e. The standard InChI is InChI=1S/C15H21IO2/c1-14-6-5-10-11(16)4-2-3-9(13(17)18-14)12(14)15(10)7-8-15/h9-12H,2-8H2,1H3/t9-,10+,11-,12+,14-/m0/s1. The third-order valence-corrected chi connectivity index (χ3v) is 7.76. The molecule has 1 heterocycles. The fourth-order valence-electron chi connectivity index (χ4n) is 5.49. The Morgan fingerprint density at radius 2 is 2.00 bits per heavy atom. The molecule has 0 aromatic heterocycles. The van der Waals surface area contributed by atoms with E-state index in [9.17, 15) is 4.79 Å². The molecule has 2 nitrogen and oxygen atoms in total. The third-order valence-electron chi connectivity index (χ3n) is 6.27. The van der Waals surface area contributed by atoms with E-state index < -0.39 is 0 Å². The highest BCUT2D eigenvalue weighted by Crippen LogP contribution is 2.71. The predicted molar refractivity (Wildman–Crippen MR) is 77.5 cm³/mol.